The second kappa shape index (κ2) is 6.95. The Labute approximate surface area is 151 Å². The number of nitrogens with zero attached hydrogens (tertiary/aromatic N) is 3. The predicted octanol–water partition coefficient (Wildman–Crippen LogP) is 1.48. The van der Waals surface area contributed by atoms with Gasteiger partial charge in [-0.3, -0.25) is 4.68 Å². The number of aryl methyl sites for hydroxylation is 1. The van der Waals surface area contributed by atoms with E-state index in [-0.39, 0.29) is 41.5 Å². The third-order valence-corrected chi connectivity index (χ3v) is 6.86. The number of methoxy groups -OCH3 is 1. The monoisotopic (exact) mass is 385 g/mol. The standard InChI is InChI=1S/C16H20ClN3O4S/c1-19-7-11(6-18-19)14-9-20(8-12(14)10-21)25(22,23)16-5-13(24-2)3-4-15(16)17/h3-7,12,14,21H,8-10H2,1-2H3/t12-,14-/m0/s1. The van der Waals surface area contributed by atoms with E-state index in [9.17, 15) is 13.5 Å². The Morgan fingerprint density at radius 1 is 1.40 bits per heavy atom. The molecule has 25 heavy (non-hydrogen) atoms. The maximum absolute atomic E-state index is 13.1. The molecule has 2 heterocycles. The number of sulfonamides is 1. The minimum atomic E-state index is -3.80. The van der Waals surface area contributed by atoms with Crippen molar-refractivity contribution in [3.63, 3.8) is 0 Å². The maximum Gasteiger partial charge on any atom is 0.244 e. The molecule has 0 aliphatic carbocycles. The van der Waals surface area contributed by atoms with Gasteiger partial charge in [-0.15, -0.1) is 0 Å². The molecule has 1 aliphatic rings. The van der Waals surface area contributed by atoms with E-state index in [0.29, 0.717) is 5.75 Å². The zero-order chi connectivity index (χ0) is 18.2. The van der Waals surface area contributed by atoms with Gasteiger partial charge in [0.1, 0.15) is 10.6 Å². The fraction of sp³-hybridized carbons (Fsp3) is 0.438. The van der Waals surface area contributed by atoms with Crippen LogP contribution >= 0.6 is 11.6 Å². The Bertz CT molecular complexity index is 868. The SMILES string of the molecule is COc1ccc(Cl)c(S(=O)(=O)N2C[C@@H](CO)[C@H](c3cnn(C)c3)C2)c1. The molecule has 0 saturated carbocycles. The molecule has 2 atom stereocenters. The first kappa shape index (κ1) is 18.2. The summed E-state index contributed by atoms with van der Waals surface area (Å²) >= 11 is 6.12. The van der Waals surface area contributed by atoms with Gasteiger partial charge in [0.2, 0.25) is 10.0 Å². The summed E-state index contributed by atoms with van der Waals surface area (Å²) in [5, 5.41) is 14.0. The molecule has 9 heteroatoms. The number of ether oxygens (including phenoxy) is 1. The molecular formula is C16H20ClN3O4S. The number of aliphatic hydroxyl groups excluding tert-OH is 1. The summed E-state index contributed by atoms with van der Waals surface area (Å²) in [5.41, 5.74) is 0.913. The second-order valence-corrected chi connectivity index (χ2v) is 8.43. The van der Waals surface area contributed by atoms with Crippen molar-refractivity contribution in [2.75, 3.05) is 26.8 Å². The molecule has 1 aliphatic heterocycles. The van der Waals surface area contributed by atoms with Crippen molar-refractivity contribution in [3.05, 3.63) is 41.2 Å². The molecule has 136 valence electrons. The second-order valence-electron chi connectivity index (χ2n) is 6.11. The largest absolute Gasteiger partial charge is 0.497 e. The number of hydrogen-bond donors (Lipinski definition) is 1. The highest BCUT2D eigenvalue weighted by Crippen LogP contribution is 2.37. The van der Waals surface area contributed by atoms with Gasteiger partial charge in [-0.25, -0.2) is 8.42 Å². The van der Waals surface area contributed by atoms with Crippen molar-refractivity contribution in [1.82, 2.24) is 14.1 Å². The van der Waals surface area contributed by atoms with Gasteiger partial charge in [-0.2, -0.15) is 9.40 Å². The summed E-state index contributed by atoms with van der Waals surface area (Å²) in [5.74, 6) is 0.117. The summed E-state index contributed by atoms with van der Waals surface area (Å²) in [7, 11) is -0.526. The van der Waals surface area contributed by atoms with Crippen LogP contribution in [-0.4, -0.2) is 54.4 Å². The van der Waals surface area contributed by atoms with Crippen LogP contribution in [0.1, 0.15) is 11.5 Å². The third kappa shape index (κ3) is 3.39. The highest BCUT2D eigenvalue weighted by atomic mass is 35.5. The van der Waals surface area contributed by atoms with Crippen LogP contribution in [-0.2, 0) is 17.1 Å². The van der Waals surface area contributed by atoms with E-state index in [0.717, 1.165) is 5.56 Å². The highest BCUT2D eigenvalue weighted by molar-refractivity contribution is 7.89. The van der Waals surface area contributed by atoms with Crippen LogP contribution < -0.4 is 4.74 Å². The normalized spacial score (nSPS) is 21.6. The zero-order valence-corrected chi connectivity index (χ0v) is 15.5. The number of rotatable bonds is 5. The van der Waals surface area contributed by atoms with Crippen LogP contribution in [0.3, 0.4) is 0 Å². The van der Waals surface area contributed by atoms with Crippen LogP contribution in [0.25, 0.3) is 0 Å². The van der Waals surface area contributed by atoms with Crippen molar-refractivity contribution in [2.45, 2.75) is 10.8 Å². The number of hydrogen-bond acceptors (Lipinski definition) is 5. The van der Waals surface area contributed by atoms with Gasteiger partial charge in [0.05, 0.1) is 18.3 Å². The van der Waals surface area contributed by atoms with Gasteiger partial charge in [-0.1, -0.05) is 11.6 Å². The molecule has 3 rings (SSSR count). The van der Waals surface area contributed by atoms with Crippen molar-refractivity contribution in [3.8, 4) is 5.75 Å². The molecule has 0 radical (unpaired) electrons. The molecule has 1 saturated heterocycles. The van der Waals surface area contributed by atoms with E-state index in [1.54, 1.807) is 24.0 Å². The van der Waals surface area contributed by atoms with E-state index < -0.39 is 10.0 Å². The lowest BCUT2D eigenvalue weighted by molar-refractivity contribution is 0.223. The van der Waals surface area contributed by atoms with Gasteiger partial charge in [0.15, 0.2) is 0 Å². The Kier molecular flexibility index (Phi) is 5.06. The van der Waals surface area contributed by atoms with Gasteiger partial charge < -0.3 is 9.84 Å². The van der Waals surface area contributed by atoms with Crippen molar-refractivity contribution >= 4 is 21.6 Å². The quantitative estimate of drug-likeness (QED) is 0.842. The van der Waals surface area contributed by atoms with E-state index >= 15 is 0 Å². The van der Waals surface area contributed by atoms with Gasteiger partial charge in [0.25, 0.3) is 0 Å². The molecule has 2 aromatic rings. The summed E-state index contributed by atoms with van der Waals surface area (Å²) in [4.78, 5) is 0.0112. The maximum atomic E-state index is 13.1. The first-order valence-corrected chi connectivity index (χ1v) is 9.61. The Morgan fingerprint density at radius 3 is 2.76 bits per heavy atom. The van der Waals surface area contributed by atoms with Crippen LogP contribution in [0.15, 0.2) is 35.5 Å². The molecule has 7 nitrogen and oxygen atoms in total. The Balaban J connectivity index is 1.93. The third-order valence-electron chi connectivity index (χ3n) is 4.55. The van der Waals surface area contributed by atoms with Gasteiger partial charge in [-0.05, 0) is 17.7 Å². The number of halogens is 1. The number of aliphatic hydroxyl groups is 1. The Hall–Kier alpha value is -1.61. The topological polar surface area (TPSA) is 84.7 Å². The van der Waals surface area contributed by atoms with Gasteiger partial charge >= 0.3 is 0 Å². The Morgan fingerprint density at radius 2 is 2.16 bits per heavy atom. The average Bonchev–Trinajstić information content (AvgIpc) is 3.21. The van der Waals surface area contributed by atoms with E-state index in [4.69, 9.17) is 16.3 Å². The van der Waals surface area contributed by atoms with Crippen LogP contribution in [0.4, 0.5) is 0 Å². The van der Waals surface area contributed by atoms with Gasteiger partial charge in [0, 0.05) is 50.8 Å². The lowest BCUT2D eigenvalue weighted by Crippen LogP contribution is -2.29. The molecule has 1 aromatic heterocycles. The zero-order valence-electron chi connectivity index (χ0n) is 14.0. The molecule has 0 unspecified atom stereocenters. The molecule has 0 spiro atoms. The lowest BCUT2D eigenvalue weighted by Gasteiger charge is -2.17. The highest BCUT2D eigenvalue weighted by Gasteiger charge is 2.41. The fourth-order valence-electron chi connectivity index (χ4n) is 3.17. The molecule has 1 fully saturated rings. The number of benzene rings is 1. The molecule has 1 aromatic carbocycles. The summed E-state index contributed by atoms with van der Waals surface area (Å²) < 4.78 is 34.2. The number of aromatic nitrogens is 2. The van der Waals surface area contributed by atoms with Crippen LogP contribution in [0.5, 0.6) is 5.75 Å². The van der Waals surface area contributed by atoms with Crippen LogP contribution in [0.2, 0.25) is 5.02 Å². The van der Waals surface area contributed by atoms with Crippen molar-refractivity contribution in [1.29, 1.82) is 0 Å². The summed E-state index contributed by atoms with van der Waals surface area (Å²) in [6, 6.07) is 4.54. The average molecular weight is 386 g/mol. The van der Waals surface area contributed by atoms with E-state index in [2.05, 4.69) is 5.10 Å². The minimum Gasteiger partial charge on any atom is -0.497 e. The molecule has 0 amide bonds. The first-order valence-electron chi connectivity index (χ1n) is 7.80. The predicted molar refractivity (Wildman–Crippen MR) is 93.3 cm³/mol. The first-order chi connectivity index (χ1) is 11.9. The molecular weight excluding hydrogens is 366 g/mol. The fourth-order valence-corrected chi connectivity index (χ4v) is 5.18. The summed E-state index contributed by atoms with van der Waals surface area (Å²) in [6.07, 6.45) is 3.56. The smallest absolute Gasteiger partial charge is 0.244 e. The lowest BCUT2D eigenvalue weighted by atomic mass is 9.92. The summed E-state index contributed by atoms with van der Waals surface area (Å²) in [6.45, 7) is 0.399. The van der Waals surface area contributed by atoms with Crippen molar-refractivity contribution < 1.29 is 18.3 Å². The minimum absolute atomic E-state index is 0.0112. The van der Waals surface area contributed by atoms with Crippen molar-refractivity contribution in [2.24, 2.45) is 13.0 Å². The van der Waals surface area contributed by atoms with E-state index in [1.807, 2.05) is 6.20 Å². The molecule has 1 N–H and O–H groups in total. The van der Waals surface area contributed by atoms with E-state index in [1.165, 1.54) is 23.5 Å². The molecule has 0 bridgehead atoms. The van der Waals surface area contributed by atoms with Crippen LogP contribution in [0, 0.1) is 5.92 Å².